The molecule has 0 saturated heterocycles. The number of furan rings is 1. The van der Waals surface area contributed by atoms with Crippen LogP contribution in [0.15, 0.2) is 138 Å². The number of hydrogen-bond acceptors (Lipinski definition) is 4. The predicted molar refractivity (Wildman–Crippen MR) is 235 cm³/mol. The Hall–Kier alpha value is -5.46. The quantitative estimate of drug-likeness (QED) is 0.118. The van der Waals surface area contributed by atoms with Gasteiger partial charge in [0.05, 0.1) is 30.5 Å². The summed E-state index contributed by atoms with van der Waals surface area (Å²) in [5.74, 6) is 1.32. The van der Waals surface area contributed by atoms with E-state index >= 15 is 0 Å². The van der Waals surface area contributed by atoms with E-state index in [2.05, 4.69) is 97.8 Å². The normalized spacial score (nSPS) is 12.5. The molecule has 1 radical (unpaired) electrons. The molecule has 0 aliphatic rings. The SMILES string of the molecule is Cc1ccc2c(n1)oc1c(-c3cc(CC(C)C)c([Si](C)(C)C)cn3)[c-]ccc12.[2H]C([2H])([2H])c1c[c-]c(-c2nc3ccccc3n2-c2ccccc2-c2ccccc2)cc1.[Ir]. The van der Waals surface area contributed by atoms with E-state index in [9.17, 15) is 0 Å². The number of aryl methyl sites for hydroxylation is 2. The Labute approximate surface area is 354 Å². The van der Waals surface area contributed by atoms with Gasteiger partial charge in [-0.25, -0.2) is 4.98 Å². The largest absolute Gasteiger partial charge is 0.486 e. The zero-order valence-electron chi connectivity index (χ0n) is 36.0. The van der Waals surface area contributed by atoms with Crippen molar-refractivity contribution < 1.29 is 28.6 Å². The summed E-state index contributed by atoms with van der Waals surface area (Å²) in [6.07, 6.45) is 3.16. The Morgan fingerprint density at radius 1 is 0.825 bits per heavy atom. The molecule has 0 unspecified atom stereocenters. The van der Waals surface area contributed by atoms with Crippen molar-refractivity contribution in [2.24, 2.45) is 5.92 Å². The summed E-state index contributed by atoms with van der Waals surface area (Å²) in [5, 5.41) is 3.55. The third kappa shape index (κ3) is 8.19. The molecule has 57 heavy (non-hydrogen) atoms. The Morgan fingerprint density at radius 2 is 1.60 bits per heavy atom. The summed E-state index contributed by atoms with van der Waals surface area (Å²) in [5.41, 5.74) is 11.8. The number of imidazole rings is 1. The minimum Gasteiger partial charge on any atom is -0.486 e. The summed E-state index contributed by atoms with van der Waals surface area (Å²) in [6, 6.07) is 48.3. The van der Waals surface area contributed by atoms with E-state index in [4.69, 9.17) is 18.5 Å². The minimum atomic E-state index is -2.16. The van der Waals surface area contributed by atoms with Crippen LogP contribution in [0.25, 0.3) is 72.6 Å². The Kier molecular flexibility index (Phi) is 10.4. The number of hydrogen-bond donors (Lipinski definition) is 0. The maximum Gasteiger partial charge on any atom is 0.216 e. The summed E-state index contributed by atoms with van der Waals surface area (Å²) in [7, 11) is -1.46. The molecule has 0 spiro atoms. The average Bonchev–Trinajstić information content (AvgIpc) is 3.79. The van der Waals surface area contributed by atoms with Crippen LogP contribution in [-0.2, 0) is 26.5 Å². The molecule has 7 heteroatoms. The van der Waals surface area contributed by atoms with Crippen LogP contribution < -0.4 is 5.19 Å². The van der Waals surface area contributed by atoms with Crippen molar-refractivity contribution in [1.82, 2.24) is 19.5 Å². The first kappa shape index (κ1) is 35.9. The van der Waals surface area contributed by atoms with Crippen LogP contribution in [0.5, 0.6) is 0 Å². The smallest absolute Gasteiger partial charge is 0.216 e. The molecule has 0 amide bonds. The molecule has 0 bridgehead atoms. The number of nitrogens with zero attached hydrogens (tertiary/aromatic N) is 4. The fourth-order valence-electron chi connectivity index (χ4n) is 7.37. The van der Waals surface area contributed by atoms with Gasteiger partial charge < -0.3 is 14.0 Å². The molecule has 9 aromatic rings. The van der Waals surface area contributed by atoms with E-state index in [-0.39, 0.29) is 25.7 Å². The Bertz CT molecular complexity index is 2930. The number of rotatable bonds is 7. The molecular formula is C50H46IrN4OSi-2. The van der Waals surface area contributed by atoms with Gasteiger partial charge in [0.2, 0.25) is 5.71 Å². The van der Waals surface area contributed by atoms with Crippen LogP contribution in [-0.4, -0.2) is 27.6 Å². The van der Waals surface area contributed by atoms with Crippen LogP contribution in [0.3, 0.4) is 0 Å². The van der Waals surface area contributed by atoms with E-state index in [0.29, 0.717) is 11.6 Å². The molecule has 5 nitrogen and oxygen atoms in total. The molecule has 4 heterocycles. The molecule has 0 N–H and O–H groups in total. The first-order valence-electron chi connectivity index (χ1n) is 20.6. The first-order valence-corrected chi connectivity index (χ1v) is 22.6. The van der Waals surface area contributed by atoms with Crippen LogP contribution in [0, 0.1) is 31.8 Å². The summed E-state index contributed by atoms with van der Waals surface area (Å²) in [6.45, 7) is 11.5. The van der Waals surface area contributed by atoms with Crippen molar-refractivity contribution in [3.63, 3.8) is 0 Å². The van der Waals surface area contributed by atoms with Crippen molar-refractivity contribution in [2.45, 2.75) is 53.7 Å². The van der Waals surface area contributed by atoms with E-state index in [1.54, 1.807) is 12.1 Å². The van der Waals surface area contributed by atoms with Gasteiger partial charge in [0, 0.05) is 52.7 Å². The molecule has 287 valence electrons. The monoisotopic (exact) mass is 942 g/mol. The predicted octanol–water partition coefficient (Wildman–Crippen LogP) is 12.4. The van der Waals surface area contributed by atoms with Crippen molar-refractivity contribution in [1.29, 1.82) is 0 Å². The van der Waals surface area contributed by atoms with Crippen molar-refractivity contribution in [2.75, 3.05) is 0 Å². The van der Waals surface area contributed by atoms with Crippen molar-refractivity contribution in [3.8, 4) is 39.5 Å². The summed E-state index contributed by atoms with van der Waals surface area (Å²) >= 11 is 0. The summed E-state index contributed by atoms with van der Waals surface area (Å²) < 4.78 is 31.2. The van der Waals surface area contributed by atoms with Gasteiger partial charge in [-0.3, -0.25) is 4.98 Å². The second-order valence-corrected chi connectivity index (χ2v) is 20.7. The fourth-order valence-corrected chi connectivity index (χ4v) is 8.96. The Morgan fingerprint density at radius 3 is 2.35 bits per heavy atom. The molecule has 9 rings (SSSR count). The topological polar surface area (TPSA) is 56.7 Å². The number of pyridine rings is 2. The van der Waals surface area contributed by atoms with Crippen molar-refractivity contribution in [3.05, 3.63) is 163 Å². The zero-order valence-corrected chi connectivity index (χ0v) is 36.4. The van der Waals surface area contributed by atoms with E-state index in [0.717, 1.165) is 79.0 Å². The van der Waals surface area contributed by atoms with Gasteiger partial charge in [0.1, 0.15) is 0 Å². The average molecular weight is 942 g/mol. The van der Waals surface area contributed by atoms with Gasteiger partial charge in [-0.15, -0.1) is 53.6 Å². The third-order valence-corrected chi connectivity index (χ3v) is 12.0. The molecule has 0 saturated carbocycles. The summed E-state index contributed by atoms with van der Waals surface area (Å²) in [4.78, 5) is 14.3. The second-order valence-electron chi connectivity index (χ2n) is 15.7. The third-order valence-electron chi connectivity index (χ3n) is 9.96. The van der Waals surface area contributed by atoms with E-state index in [1.165, 1.54) is 16.8 Å². The molecule has 0 fully saturated rings. The molecule has 4 aromatic heterocycles. The fraction of sp³-hybridized carbons (Fsp3) is 0.180. The van der Waals surface area contributed by atoms with Crippen LogP contribution >= 0.6 is 0 Å². The molecule has 5 aromatic carbocycles. The number of aromatic nitrogens is 4. The van der Waals surface area contributed by atoms with Gasteiger partial charge in [-0.2, -0.15) is 0 Å². The van der Waals surface area contributed by atoms with Gasteiger partial charge in [-0.1, -0.05) is 124 Å². The number of fused-ring (bicyclic) bond motifs is 4. The maximum atomic E-state index is 7.63. The van der Waals surface area contributed by atoms with Gasteiger partial charge >= 0.3 is 0 Å². The molecule has 0 atom stereocenters. The van der Waals surface area contributed by atoms with Gasteiger partial charge in [0.15, 0.2) is 0 Å². The van der Waals surface area contributed by atoms with Crippen LogP contribution in [0.1, 0.15) is 34.8 Å². The number of para-hydroxylation sites is 3. The van der Waals surface area contributed by atoms with E-state index in [1.807, 2.05) is 79.7 Å². The molecular weight excluding hydrogens is 893 g/mol. The maximum absolute atomic E-state index is 7.63. The minimum absolute atomic E-state index is 0. The number of benzene rings is 5. The first-order chi connectivity index (χ1) is 28.3. The Balaban J connectivity index is 0.000000179. The molecule has 0 aliphatic carbocycles. The second kappa shape index (κ2) is 16.6. The van der Waals surface area contributed by atoms with E-state index < -0.39 is 14.9 Å². The zero-order chi connectivity index (χ0) is 41.5. The van der Waals surface area contributed by atoms with Crippen molar-refractivity contribution >= 4 is 46.4 Å². The van der Waals surface area contributed by atoms with Crippen LogP contribution in [0.4, 0.5) is 0 Å². The van der Waals surface area contributed by atoms with Gasteiger partial charge in [-0.05, 0) is 66.0 Å². The molecule has 0 aliphatic heterocycles. The van der Waals surface area contributed by atoms with Gasteiger partial charge in [0.25, 0.3) is 0 Å². The van der Waals surface area contributed by atoms with Crippen LogP contribution in [0.2, 0.25) is 19.6 Å². The standard InChI is InChI=1S/C26H19N2.C24H27N2OSi.Ir/c1-19-15-17-21(18-16-19)26-27-23-12-6-8-14-25(23)28(26)24-13-7-5-11-22(24)20-9-3-2-4-10-20;1-15(2)12-17-13-21(25-14-22(17)28(4,5)6)20-9-7-8-18-19-11-10-16(3)26-24(19)27-23(18)20;/h2-17H,1H3;7-8,10-11,13-15H,12H2,1-6H3;/q2*-1;/i1D3;;.